The van der Waals surface area contributed by atoms with E-state index in [2.05, 4.69) is 0 Å². The number of primary amides is 1. The van der Waals surface area contributed by atoms with Crippen LogP contribution in [0.15, 0.2) is 30.3 Å². The number of carbonyl (C=O) groups excluding carboxylic acids is 3. The molecule has 3 amide bonds. The van der Waals surface area contributed by atoms with Crippen molar-refractivity contribution < 1.29 is 19.1 Å². The van der Waals surface area contributed by atoms with Crippen molar-refractivity contribution in [2.24, 2.45) is 5.73 Å². The smallest absolute Gasteiger partial charge is 0.318 e. The van der Waals surface area contributed by atoms with Crippen molar-refractivity contribution in [3.63, 3.8) is 0 Å². The molecule has 1 unspecified atom stereocenters. The van der Waals surface area contributed by atoms with E-state index in [-0.39, 0.29) is 6.42 Å². The van der Waals surface area contributed by atoms with Gasteiger partial charge in [0, 0.05) is 6.42 Å². The first-order valence-electron chi connectivity index (χ1n) is 5.82. The van der Waals surface area contributed by atoms with Crippen LogP contribution in [0.2, 0.25) is 0 Å². The molecule has 102 valence electrons. The summed E-state index contributed by atoms with van der Waals surface area (Å²) in [4.78, 5) is 33.2. The van der Waals surface area contributed by atoms with E-state index < -0.39 is 24.0 Å². The third kappa shape index (κ3) is 5.67. The summed E-state index contributed by atoms with van der Waals surface area (Å²) in [5.74, 6) is -1.24. The molecular weight excluding hydrogens is 248 g/mol. The molecular formula is C13H16N2O4. The van der Waals surface area contributed by atoms with Crippen LogP contribution >= 0.6 is 0 Å². The summed E-state index contributed by atoms with van der Waals surface area (Å²) in [5.41, 5.74) is 5.79. The van der Waals surface area contributed by atoms with E-state index in [1.54, 1.807) is 0 Å². The minimum atomic E-state index is -1.05. The quantitative estimate of drug-likeness (QED) is 0.766. The molecule has 0 bridgehead atoms. The Balaban J connectivity index is 2.35. The predicted molar refractivity (Wildman–Crippen MR) is 68.0 cm³/mol. The molecule has 0 aliphatic heterocycles. The molecule has 0 heterocycles. The van der Waals surface area contributed by atoms with Gasteiger partial charge in [-0.3, -0.25) is 14.9 Å². The van der Waals surface area contributed by atoms with Crippen molar-refractivity contribution in [2.45, 2.75) is 25.9 Å². The highest BCUT2D eigenvalue weighted by atomic mass is 16.5. The van der Waals surface area contributed by atoms with E-state index in [9.17, 15) is 14.4 Å². The number of ether oxygens (including phenoxy) is 1. The Morgan fingerprint density at radius 1 is 1.26 bits per heavy atom. The predicted octanol–water partition coefficient (Wildman–Crippen LogP) is 0.746. The van der Waals surface area contributed by atoms with Crippen LogP contribution in [0.4, 0.5) is 4.79 Å². The first-order valence-corrected chi connectivity index (χ1v) is 5.82. The number of rotatable bonds is 5. The first-order chi connectivity index (χ1) is 8.99. The zero-order valence-electron chi connectivity index (χ0n) is 10.6. The van der Waals surface area contributed by atoms with E-state index in [1.165, 1.54) is 6.92 Å². The van der Waals surface area contributed by atoms with Gasteiger partial charge in [0.25, 0.3) is 5.91 Å². The molecule has 1 aromatic rings. The number of nitrogens with one attached hydrogen (secondary N) is 1. The zero-order chi connectivity index (χ0) is 14.3. The van der Waals surface area contributed by atoms with Crippen molar-refractivity contribution in [3.8, 4) is 0 Å². The summed E-state index contributed by atoms with van der Waals surface area (Å²) >= 11 is 0. The maximum absolute atomic E-state index is 11.5. The van der Waals surface area contributed by atoms with Gasteiger partial charge >= 0.3 is 12.0 Å². The van der Waals surface area contributed by atoms with Gasteiger partial charge in [-0.1, -0.05) is 30.3 Å². The fraction of sp³-hybridized carbons (Fsp3) is 0.308. The average Bonchev–Trinajstić information content (AvgIpc) is 2.36. The molecule has 1 atom stereocenters. The van der Waals surface area contributed by atoms with E-state index in [4.69, 9.17) is 10.5 Å². The SMILES string of the molecule is CC(OC(=O)CCc1ccccc1)C(=O)NC(N)=O. The molecule has 0 aliphatic carbocycles. The standard InChI is InChI=1S/C13H16N2O4/c1-9(12(17)15-13(14)18)19-11(16)8-7-10-5-3-2-4-6-10/h2-6,9H,7-8H2,1H3,(H3,14,15,17,18). The van der Waals surface area contributed by atoms with Crippen LogP contribution in [0.5, 0.6) is 0 Å². The van der Waals surface area contributed by atoms with Crippen LogP contribution in [0.3, 0.4) is 0 Å². The third-order valence-corrected chi connectivity index (χ3v) is 2.38. The van der Waals surface area contributed by atoms with Crippen molar-refractivity contribution in [2.75, 3.05) is 0 Å². The number of hydrogen-bond donors (Lipinski definition) is 2. The number of urea groups is 1. The van der Waals surface area contributed by atoms with Crippen LogP contribution in [-0.4, -0.2) is 24.0 Å². The molecule has 19 heavy (non-hydrogen) atoms. The van der Waals surface area contributed by atoms with Gasteiger partial charge in [0.05, 0.1) is 0 Å². The fourth-order valence-corrected chi connectivity index (χ4v) is 1.42. The topological polar surface area (TPSA) is 98.5 Å². The number of amides is 3. The first kappa shape index (κ1) is 14.7. The van der Waals surface area contributed by atoms with Gasteiger partial charge in [-0.15, -0.1) is 0 Å². The molecule has 0 radical (unpaired) electrons. The summed E-state index contributed by atoms with van der Waals surface area (Å²) in [6.45, 7) is 1.37. The number of esters is 1. The van der Waals surface area contributed by atoms with Crippen LogP contribution < -0.4 is 11.1 Å². The minimum Gasteiger partial charge on any atom is -0.453 e. The van der Waals surface area contributed by atoms with Gasteiger partial charge in [-0.25, -0.2) is 4.79 Å². The Labute approximate surface area is 110 Å². The van der Waals surface area contributed by atoms with E-state index in [0.29, 0.717) is 6.42 Å². The summed E-state index contributed by atoms with van der Waals surface area (Å²) in [6.07, 6.45) is -0.349. The third-order valence-electron chi connectivity index (χ3n) is 2.38. The fourth-order valence-electron chi connectivity index (χ4n) is 1.42. The van der Waals surface area contributed by atoms with Crippen molar-refractivity contribution in [1.82, 2.24) is 5.32 Å². The Morgan fingerprint density at radius 3 is 2.47 bits per heavy atom. The molecule has 1 aromatic carbocycles. The average molecular weight is 264 g/mol. The lowest BCUT2D eigenvalue weighted by molar-refractivity contribution is -0.154. The number of aryl methyl sites for hydroxylation is 1. The van der Waals surface area contributed by atoms with Crippen LogP contribution in [-0.2, 0) is 20.7 Å². The monoisotopic (exact) mass is 264 g/mol. The molecule has 3 N–H and O–H groups in total. The lowest BCUT2D eigenvalue weighted by Crippen LogP contribution is -2.42. The van der Waals surface area contributed by atoms with Crippen molar-refractivity contribution in [1.29, 1.82) is 0 Å². The number of benzene rings is 1. The lowest BCUT2D eigenvalue weighted by atomic mass is 10.1. The second kappa shape index (κ2) is 7.15. The van der Waals surface area contributed by atoms with Crippen LogP contribution in [0.25, 0.3) is 0 Å². The van der Waals surface area contributed by atoms with Gasteiger partial charge in [0.1, 0.15) is 0 Å². The maximum Gasteiger partial charge on any atom is 0.318 e. The largest absolute Gasteiger partial charge is 0.453 e. The van der Waals surface area contributed by atoms with Crippen LogP contribution in [0.1, 0.15) is 18.9 Å². The Morgan fingerprint density at radius 2 is 1.89 bits per heavy atom. The maximum atomic E-state index is 11.5. The van der Waals surface area contributed by atoms with Gasteiger partial charge < -0.3 is 10.5 Å². The Kier molecular flexibility index (Phi) is 5.53. The number of carbonyl (C=O) groups is 3. The minimum absolute atomic E-state index is 0.165. The summed E-state index contributed by atoms with van der Waals surface area (Å²) < 4.78 is 4.88. The normalized spacial score (nSPS) is 11.4. The highest BCUT2D eigenvalue weighted by Gasteiger charge is 2.18. The summed E-state index contributed by atoms with van der Waals surface area (Å²) in [7, 11) is 0. The second-order valence-electron chi connectivity index (χ2n) is 3.97. The lowest BCUT2D eigenvalue weighted by Gasteiger charge is -2.11. The molecule has 6 nitrogen and oxygen atoms in total. The van der Waals surface area contributed by atoms with E-state index in [0.717, 1.165) is 5.56 Å². The number of imide groups is 1. The molecule has 0 fully saturated rings. The zero-order valence-corrected chi connectivity index (χ0v) is 10.6. The van der Waals surface area contributed by atoms with Gasteiger partial charge in [0.2, 0.25) is 0 Å². The molecule has 0 saturated carbocycles. The molecule has 0 saturated heterocycles. The second-order valence-corrected chi connectivity index (χ2v) is 3.97. The molecule has 0 spiro atoms. The van der Waals surface area contributed by atoms with Gasteiger partial charge in [0.15, 0.2) is 6.10 Å². The van der Waals surface area contributed by atoms with Crippen LogP contribution in [0, 0.1) is 0 Å². The molecule has 0 aromatic heterocycles. The summed E-state index contributed by atoms with van der Waals surface area (Å²) in [5, 5.41) is 1.84. The Hall–Kier alpha value is -2.37. The Bertz CT molecular complexity index is 459. The summed E-state index contributed by atoms with van der Waals surface area (Å²) in [6, 6.07) is 8.47. The molecule has 1 rings (SSSR count). The van der Waals surface area contributed by atoms with E-state index in [1.807, 2.05) is 35.6 Å². The van der Waals surface area contributed by atoms with Crippen molar-refractivity contribution in [3.05, 3.63) is 35.9 Å². The highest BCUT2D eigenvalue weighted by Crippen LogP contribution is 2.04. The number of hydrogen-bond acceptors (Lipinski definition) is 4. The molecule has 0 aliphatic rings. The van der Waals surface area contributed by atoms with E-state index >= 15 is 0 Å². The molecule has 6 heteroatoms. The van der Waals surface area contributed by atoms with Gasteiger partial charge in [-0.05, 0) is 18.9 Å². The van der Waals surface area contributed by atoms with Crippen molar-refractivity contribution >= 4 is 17.9 Å². The number of nitrogens with two attached hydrogens (primary N) is 1. The highest BCUT2D eigenvalue weighted by molar-refractivity contribution is 5.96. The van der Waals surface area contributed by atoms with Gasteiger partial charge in [-0.2, -0.15) is 0 Å².